The van der Waals surface area contributed by atoms with Crippen LogP contribution in [0, 0.1) is 0 Å². The fourth-order valence-electron chi connectivity index (χ4n) is 1.01. The molecule has 0 heterocycles. The molecule has 0 spiro atoms. The van der Waals surface area contributed by atoms with Crippen molar-refractivity contribution in [1.82, 2.24) is 21.7 Å². The van der Waals surface area contributed by atoms with Gasteiger partial charge in [-0.1, -0.05) is 0 Å². The van der Waals surface area contributed by atoms with Gasteiger partial charge in [0.2, 0.25) is 11.8 Å². The molecule has 112 valence electrons. The smallest absolute Gasteiger partial charge is 0.234 e. The Kier molecular flexibility index (Phi) is 10.6. The Labute approximate surface area is 119 Å². The van der Waals surface area contributed by atoms with Gasteiger partial charge in [-0.25, -0.2) is 10.9 Å². The van der Waals surface area contributed by atoms with E-state index < -0.39 is 0 Å². The summed E-state index contributed by atoms with van der Waals surface area (Å²) in [5.41, 5.74) is 10.9. The predicted octanol–water partition coefficient (Wildman–Crippen LogP) is 0.558. The number of nitrogens with one attached hydrogen (secondary N) is 4. The first-order valence-electron chi connectivity index (χ1n) is 6.58. The highest BCUT2D eigenvalue weighted by molar-refractivity contribution is 7.99. The molecule has 0 aliphatic heterocycles. The third kappa shape index (κ3) is 13.4. The van der Waals surface area contributed by atoms with E-state index in [9.17, 15) is 9.59 Å². The molecule has 0 bridgehead atoms. The van der Waals surface area contributed by atoms with Crippen LogP contribution in [0.25, 0.3) is 0 Å². The van der Waals surface area contributed by atoms with Crippen LogP contribution in [0.4, 0.5) is 0 Å². The van der Waals surface area contributed by atoms with Crippen molar-refractivity contribution < 1.29 is 9.59 Å². The summed E-state index contributed by atoms with van der Waals surface area (Å²) in [7, 11) is 0. The van der Waals surface area contributed by atoms with Crippen molar-refractivity contribution >= 4 is 23.6 Å². The van der Waals surface area contributed by atoms with Gasteiger partial charge in [0.1, 0.15) is 0 Å². The normalized spacial score (nSPS) is 10.8. The summed E-state index contributed by atoms with van der Waals surface area (Å²) < 4.78 is 0. The zero-order valence-corrected chi connectivity index (χ0v) is 13.0. The highest BCUT2D eigenvalue weighted by atomic mass is 32.2. The molecule has 0 aliphatic carbocycles. The van der Waals surface area contributed by atoms with Crippen LogP contribution in [-0.4, -0.2) is 35.4 Å². The van der Waals surface area contributed by atoms with E-state index >= 15 is 0 Å². The van der Waals surface area contributed by atoms with Crippen LogP contribution in [-0.2, 0) is 9.59 Å². The number of carbonyl (C=O) groups is 2. The van der Waals surface area contributed by atoms with Gasteiger partial charge in [-0.15, -0.1) is 0 Å². The van der Waals surface area contributed by atoms with Crippen LogP contribution in [0.2, 0.25) is 0 Å². The third-order valence-corrected chi connectivity index (χ3v) is 2.93. The number of thioether (sulfide) groups is 1. The fraction of sp³-hybridized carbons (Fsp3) is 0.833. The van der Waals surface area contributed by atoms with Crippen molar-refractivity contribution in [3.05, 3.63) is 0 Å². The van der Waals surface area contributed by atoms with Gasteiger partial charge in [-0.05, 0) is 27.7 Å². The van der Waals surface area contributed by atoms with Gasteiger partial charge in [-0.3, -0.25) is 20.4 Å². The average Bonchev–Trinajstić information content (AvgIpc) is 2.33. The Balaban J connectivity index is 3.39. The van der Waals surface area contributed by atoms with Crippen LogP contribution in [0.5, 0.6) is 0 Å². The number of amides is 2. The highest BCUT2D eigenvalue weighted by Crippen LogP contribution is 2.04. The fourth-order valence-corrected chi connectivity index (χ4v) is 1.87. The van der Waals surface area contributed by atoms with Gasteiger partial charge >= 0.3 is 0 Å². The molecule has 0 aromatic rings. The average molecular weight is 290 g/mol. The zero-order chi connectivity index (χ0) is 14.7. The van der Waals surface area contributed by atoms with Crippen molar-refractivity contribution in [1.29, 1.82) is 0 Å². The quantitative estimate of drug-likeness (QED) is 0.349. The number of rotatable bonds is 10. The standard InChI is InChI=1S/C12H26N4O2S/c1-9(2)13-15-11(17)5-7-19-8-6-12(18)16-14-10(3)4/h9-10,13-14H,5-8H2,1-4H3,(H,15,17)(H,16,18). The molecule has 0 atom stereocenters. The molecule has 0 aliphatic rings. The summed E-state index contributed by atoms with van der Waals surface area (Å²) in [6.45, 7) is 7.83. The van der Waals surface area contributed by atoms with E-state index in [0.29, 0.717) is 12.8 Å². The summed E-state index contributed by atoms with van der Waals surface area (Å²) in [5, 5.41) is 0. The molecule has 19 heavy (non-hydrogen) atoms. The molecule has 6 nitrogen and oxygen atoms in total. The topological polar surface area (TPSA) is 82.3 Å². The molecule has 7 heteroatoms. The molecular formula is C12H26N4O2S. The Morgan fingerprint density at radius 2 is 1.21 bits per heavy atom. The molecule has 0 saturated heterocycles. The van der Waals surface area contributed by atoms with E-state index in [1.54, 1.807) is 11.8 Å². The van der Waals surface area contributed by atoms with Crippen LogP contribution in [0.15, 0.2) is 0 Å². The molecule has 0 aromatic heterocycles. The lowest BCUT2D eigenvalue weighted by Gasteiger charge is -2.10. The first kappa shape index (κ1) is 18.2. The van der Waals surface area contributed by atoms with Gasteiger partial charge in [0.25, 0.3) is 0 Å². The molecule has 4 N–H and O–H groups in total. The van der Waals surface area contributed by atoms with Crippen molar-refractivity contribution in [3.8, 4) is 0 Å². The van der Waals surface area contributed by atoms with Crippen molar-refractivity contribution in [2.24, 2.45) is 0 Å². The lowest BCUT2D eigenvalue weighted by Crippen LogP contribution is -2.42. The summed E-state index contributed by atoms with van der Waals surface area (Å²) in [5.74, 6) is 1.40. The van der Waals surface area contributed by atoms with Crippen molar-refractivity contribution in [3.63, 3.8) is 0 Å². The third-order valence-electron chi connectivity index (χ3n) is 1.95. The first-order chi connectivity index (χ1) is 8.91. The summed E-state index contributed by atoms with van der Waals surface area (Å²) >= 11 is 1.60. The summed E-state index contributed by atoms with van der Waals surface area (Å²) in [6.07, 6.45) is 0.909. The predicted molar refractivity (Wildman–Crippen MR) is 79.4 cm³/mol. The monoisotopic (exact) mass is 290 g/mol. The minimum atomic E-state index is -0.0212. The molecule has 0 rings (SSSR count). The molecule has 0 unspecified atom stereocenters. The summed E-state index contributed by atoms with van der Waals surface area (Å²) in [4.78, 5) is 22.7. The van der Waals surface area contributed by atoms with E-state index in [2.05, 4.69) is 21.7 Å². The number of carbonyl (C=O) groups excluding carboxylic acids is 2. The zero-order valence-electron chi connectivity index (χ0n) is 12.2. The van der Waals surface area contributed by atoms with Gasteiger partial charge in [-0.2, -0.15) is 11.8 Å². The lowest BCUT2D eigenvalue weighted by atomic mass is 10.4. The molecule has 0 saturated carbocycles. The summed E-state index contributed by atoms with van der Waals surface area (Å²) in [6, 6.07) is 0.461. The van der Waals surface area contributed by atoms with E-state index in [0.717, 1.165) is 11.5 Å². The Hall–Kier alpha value is -0.790. The largest absolute Gasteiger partial charge is 0.291 e. The number of hydrazine groups is 2. The maximum absolute atomic E-state index is 11.3. The van der Waals surface area contributed by atoms with Crippen LogP contribution in [0.1, 0.15) is 40.5 Å². The second kappa shape index (κ2) is 11.1. The van der Waals surface area contributed by atoms with Gasteiger partial charge in [0.05, 0.1) is 0 Å². The maximum Gasteiger partial charge on any atom is 0.234 e. The van der Waals surface area contributed by atoms with Crippen LogP contribution in [0.3, 0.4) is 0 Å². The molecule has 2 amide bonds. The van der Waals surface area contributed by atoms with Gasteiger partial charge < -0.3 is 0 Å². The second-order valence-corrected chi connectivity index (χ2v) is 6.03. The molecule has 0 aromatic carbocycles. The van der Waals surface area contributed by atoms with E-state index in [1.807, 2.05) is 27.7 Å². The first-order valence-corrected chi connectivity index (χ1v) is 7.73. The Morgan fingerprint density at radius 1 is 0.842 bits per heavy atom. The number of hydrogen-bond donors (Lipinski definition) is 4. The van der Waals surface area contributed by atoms with Crippen molar-refractivity contribution in [2.75, 3.05) is 11.5 Å². The van der Waals surface area contributed by atoms with Gasteiger partial charge in [0, 0.05) is 36.4 Å². The minimum absolute atomic E-state index is 0.0212. The van der Waals surface area contributed by atoms with E-state index in [-0.39, 0.29) is 23.9 Å². The van der Waals surface area contributed by atoms with E-state index in [1.165, 1.54) is 0 Å². The Bertz CT molecular complexity index is 246. The SMILES string of the molecule is CC(C)NNC(=O)CCSCCC(=O)NNC(C)C. The molecule has 0 radical (unpaired) electrons. The lowest BCUT2D eigenvalue weighted by molar-refractivity contribution is -0.122. The second-order valence-electron chi connectivity index (χ2n) is 4.81. The molecule has 0 fully saturated rings. The van der Waals surface area contributed by atoms with Crippen LogP contribution < -0.4 is 21.7 Å². The highest BCUT2D eigenvalue weighted by Gasteiger charge is 2.04. The van der Waals surface area contributed by atoms with Crippen LogP contribution >= 0.6 is 11.8 Å². The Morgan fingerprint density at radius 3 is 1.53 bits per heavy atom. The van der Waals surface area contributed by atoms with E-state index in [4.69, 9.17) is 0 Å². The molecular weight excluding hydrogens is 264 g/mol. The maximum atomic E-state index is 11.3. The van der Waals surface area contributed by atoms with Gasteiger partial charge in [0.15, 0.2) is 0 Å². The number of hydrogen-bond acceptors (Lipinski definition) is 5. The van der Waals surface area contributed by atoms with Crippen molar-refractivity contribution in [2.45, 2.75) is 52.6 Å². The minimum Gasteiger partial charge on any atom is -0.291 e.